The van der Waals surface area contributed by atoms with Crippen molar-refractivity contribution in [3.8, 4) is 11.8 Å². The highest BCUT2D eigenvalue weighted by atomic mass is 16.6. The average molecular weight is 245 g/mol. The largest absolute Gasteiger partial charge is 0.487 e. The van der Waals surface area contributed by atoms with Crippen molar-refractivity contribution in [3.05, 3.63) is 29.8 Å². The summed E-state index contributed by atoms with van der Waals surface area (Å²) in [6.45, 7) is 8.26. The van der Waals surface area contributed by atoms with Crippen molar-refractivity contribution in [2.45, 2.75) is 51.4 Å². The lowest BCUT2D eigenvalue weighted by Crippen LogP contribution is -2.36. The van der Waals surface area contributed by atoms with Crippen LogP contribution in [0.1, 0.15) is 39.7 Å². The van der Waals surface area contributed by atoms with Crippen LogP contribution in [0.3, 0.4) is 0 Å². The molecule has 3 heteroatoms. The third-order valence-corrected chi connectivity index (χ3v) is 3.25. The summed E-state index contributed by atoms with van der Waals surface area (Å²) in [6, 6.07) is 9.30. The molecule has 0 saturated carbocycles. The quantitative estimate of drug-likeness (QED) is 0.803. The fourth-order valence-electron chi connectivity index (χ4n) is 2.47. The van der Waals surface area contributed by atoms with Gasteiger partial charge in [-0.2, -0.15) is 5.26 Å². The Morgan fingerprint density at radius 2 is 1.83 bits per heavy atom. The van der Waals surface area contributed by atoms with Gasteiger partial charge in [0.15, 0.2) is 0 Å². The van der Waals surface area contributed by atoms with Crippen LogP contribution in [-0.2, 0) is 4.74 Å². The zero-order valence-electron chi connectivity index (χ0n) is 11.4. The van der Waals surface area contributed by atoms with E-state index in [1.165, 1.54) is 0 Å². The van der Waals surface area contributed by atoms with Crippen LogP contribution in [0.2, 0.25) is 0 Å². The van der Waals surface area contributed by atoms with Gasteiger partial charge in [0.25, 0.3) is 0 Å². The first-order valence-corrected chi connectivity index (χ1v) is 6.19. The maximum absolute atomic E-state index is 8.75. The Kier molecular flexibility index (Phi) is 3.08. The zero-order chi connectivity index (χ0) is 13.4. The second-order valence-corrected chi connectivity index (χ2v) is 5.91. The van der Waals surface area contributed by atoms with Crippen LogP contribution < -0.4 is 4.74 Å². The average Bonchev–Trinajstić information content (AvgIpc) is 2.48. The molecule has 1 unspecified atom stereocenters. The van der Waals surface area contributed by atoms with Crippen molar-refractivity contribution >= 4 is 0 Å². The molecule has 1 heterocycles. The van der Waals surface area contributed by atoms with Gasteiger partial charge in [0.05, 0.1) is 17.2 Å². The van der Waals surface area contributed by atoms with Gasteiger partial charge in [-0.05, 0) is 52.0 Å². The van der Waals surface area contributed by atoms with Gasteiger partial charge in [0, 0.05) is 6.42 Å². The van der Waals surface area contributed by atoms with Crippen molar-refractivity contribution in [1.82, 2.24) is 0 Å². The van der Waals surface area contributed by atoms with Gasteiger partial charge < -0.3 is 9.47 Å². The Balaban J connectivity index is 2.12. The van der Waals surface area contributed by atoms with E-state index in [0.29, 0.717) is 5.56 Å². The molecule has 1 aliphatic rings. The van der Waals surface area contributed by atoms with Crippen molar-refractivity contribution in [2.24, 2.45) is 0 Å². The SMILES string of the molecule is CC1(C)CC(Oc2ccc(C#N)cc2)C(C)(C)O1. The Morgan fingerprint density at radius 3 is 2.28 bits per heavy atom. The van der Waals surface area contributed by atoms with Gasteiger partial charge in [-0.25, -0.2) is 0 Å². The number of benzene rings is 1. The molecule has 0 radical (unpaired) electrons. The predicted octanol–water partition coefficient (Wildman–Crippen LogP) is 3.28. The minimum atomic E-state index is -0.294. The molecule has 0 aliphatic carbocycles. The monoisotopic (exact) mass is 245 g/mol. The summed E-state index contributed by atoms with van der Waals surface area (Å²) >= 11 is 0. The van der Waals surface area contributed by atoms with Gasteiger partial charge in [-0.1, -0.05) is 0 Å². The van der Waals surface area contributed by atoms with Crippen LogP contribution >= 0.6 is 0 Å². The zero-order valence-corrected chi connectivity index (χ0v) is 11.4. The Bertz CT molecular complexity index is 468. The molecule has 0 amide bonds. The summed E-state index contributed by atoms with van der Waals surface area (Å²) in [4.78, 5) is 0. The van der Waals surface area contributed by atoms with E-state index >= 15 is 0 Å². The fourth-order valence-corrected chi connectivity index (χ4v) is 2.47. The summed E-state index contributed by atoms with van der Waals surface area (Å²) in [5.74, 6) is 0.786. The van der Waals surface area contributed by atoms with Crippen LogP contribution in [0, 0.1) is 11.3 Å². The van der Waals surface area contributed by atoms with Crippen LogP contribution in [-0.4, -0.2) is 17.3 Å². The van der Waals surface area contributed by atoms with Crippen LogP contribution in [0.25, 0.3) is 0 Å². The highest BCUT2D eigenvalue weighted by Gasteiger charge is 2.47. The molecule has 3 nitrogen and oxygen atoms in total. The minimum absolute atomic E-state index is 0.0282. The number of ether oxygens (including phenoxy) is 2. The first kappa shape index (κ1) is 12.9. The molecule has 0 N–H and O–H groups in total. The topological polar surface area (TPSA) is 42.2 Å². The molecule has 1 aromatic rings. The number of hydrogen-bond acceptors (Lipinski definition) is 3. The van der Waals surface area contributed by atoms with Gasteiger partial charge in [-0.15, -0.1) is 0 Å². The Hall–Kier alpha value is -1.53. The maximum atomic E-state index is 8.75. The summed E-state index contributed by atoms with van der Waals surface area (Å²) < 4.78 is 12.0. The molecule has 96 valence electrons. The van der Waals surface area contributed by atoms with Gasteiger partial charge in [0.2, 0.25) is 0 Å². The molecule has 18 heavy (non-hydrogen) atoms. The third kappa shape index (κ3) is 2.65. The molecule has 0 spiro atoms. The standard InChI is InChI=1S/C15H19NO2/c1-14(2)9-13(15(3,4)18-14)17-12-7-5-11(10-16)6-8-12/h5-8,13H,9H2,1-4H3. The van der Waals surface area contributed by atoms with E-state index in [1.54, 1.807) is 12.1 Å². The van der Waals surface area contributed by atoms with Crippen LogP contribution in [0.5, 0.6) is 5.75 Å². The molecule has 2 rings (SSSR count). The second kappa shape index (κ2) is 4.29. The van der Waals surface area contributed by atoms with Crippen molar-refractivity contribution in [3.63, 3.8) is 0 Å². The summed E-state index contributed by atoms with van der Waals surface area (Å²) in [5, 5.41) is 8.75. The van der Waals surface area contributed by atoms with Crippen molar-refractivity contribution in [1.29, 1.82) is 5.26 Å². The van der Waals surface area contributed by atoms with Crippen LogP contribution in [0.15, 0.2) is 24.3 Å². The molecule has 0 aromatic heterocycles. The lowest BCUT2D eigenvalue weighted by molar-refractivity contribution is -0.0846. The molecule has 1 aliphatic heterocycles. The maximum Gasteiger partial charge on any atom is 0.130 e. The number of rotatable bonds is 2. The minimum Gasteiger partial charge on any atom is -0.487 e. The molecular formula is C15H19NO2. The van der Waals surface area contributed by atoms with E-state index < -0.39 is 0 Å². The molecule has 1 saturated heterocycles. The van der Waals surface area contributed by atoms with Crippen LogP contribution in [0.4, 0.5) is 0 Å². The second-order valence-electron chi connectivity index (χ2n) is 5.91. The van der Waals surface area contributed by atoms with E-state index in [-0.39, 0.29) is 17.3 Å². The predicted molar refractivity (Wildman–Crippen MR) is 69.4 cm³/mol. The summed E-state index contributed by atoms with van der Waals surface area (Å²) in [7, 11) is 0. The van der Waals surface area contributed by atoms with E-state index in [9.17, 15) is 0 Å². The number of hydrogen-bond donors (Lipinski definition) is 0. The van der Waals surface area contributed by atoms with Crippen molar-refractivity contribution in [2.75, 3.05) is 0 Å². The highest BCUT2D eigenvalue weighted by molar-refractivity contribution is 5.34. The normalized spacial score (nSPS) is 24.5. The lowest BCUT2D eigenvalue weighted by atomic mass is 9.97. The molecule has 1 fully saturated rings. The van der Waals surface area contributed by atoms with E-state index in [0.717, 1.165) is 12.2 Å². The van der Waals surface area contributed by atoms with Gasteiger partial charge >= 0.3 is 0 Å². The van der Waals surface area contributed by atoms with Crippen molar-refractivity contribution < 1.29 is 9.47 Å². The number of nitriles is 1. The highest BCUT2D eigenvalue weighted by Crippen LogP contribution is 2.39. The van der Waals surface area contributed by atoms with E-state index in [1.807, 2.05) is 12.1 Å². The Labute approximate surface area is 108 Å². The third-order valence-electron chi connectivity index (χ3n) is 3.25. The summed E-state index contributed by atoms with van der Waals surface area (Å²) in [6.07, 6.45) is 0.889. The summed E-state index contributed by atoms with van der Waals surface area (Å²) in [5.41, 5.74) is 0.197. The number of nitrogens with zero attached hydrogens (tertiary/aromatic N) is 1. The Morgan fingerprint density at radius 1 is 1.22 bits per heavy atom. The molecule has 0 bridgehead atoms. The first-order valence-electron chi connectivity index (χ1n) is 6.19. The van der Waals surface area contributed by atoms with Gasteiger partial charge in [0.1, 0.15) is 17.5 Å². The molecule has 1 aromatic carbocycles. The lowest BCUT2D eigenvalue weighted by Gasteiger charge is -2.27. The smallest absolute Gasteiger partial charge is 0.130 e. The van der Waals surface area contributed by atoms with E-state index in [2.05, 4.69) is 33.8 Å². The first-order chi connectivity index (χ1) is 8.32. The molecule has 1 atom stereocenters. The molecular weight excluding hydrogens is 226 g/mol. The fraction of sp³-hybridized carbons (Fsp3) is 0.533. The van der Waals surface area contributed by atoms with E-state index in [4.69, 9.17) is 14.7 Å². The van der Waals surface area contributed by atoms with Gasteiger partial charge in [-0.3, -0.25) is 0 Å².